The molecule has 0 saturated heterocycles. The number of amides is 6. The predicted octanol–water partition coefficient (Wildman–Crippen LogP) is -6.69. The minimum atomic E-state index is -1.92. The number of nitrogens with one attached hydrogen (secondary N) is 7. The van der Waals surface area contributed by atoms with E-state index in [1.54, 1.807) is 12.3 Å². The lowest BCUT2D eigenvalue weighted by Crippen LogP contribution is -2.63. The number of nitrogens with two attached hydrogens (primary N) is 3. The fourth-order valence-corrected chi connectivity index (χ4v) is 5.56. The van der Waals surface area contributed by atoms with E-state index in [2.05, 4.69) is 36.6 Å². The Morgan fingerprint density at radius 3 is 1.73 bits per heavy atom. The third-order valence-corrected chi connectivity index (χ3v) is 8.78. The van der Waals surface area contributed by atoms with Gasteiger partial charge in [-0.3, -0.25) is 38.6 Å². The lowest BCUT2D eigenvalue weighted by Gasteiger charge is -2.28. The van der Waals surface area contributed by atoms with Crippen molar-refractivity contribution in [2.24, 2.45) is 22.2 Å². The van der Waals surface area contributed by atoms with Gasteiger partial charge in [0.1, 0.15) is 36.3 Å². The molecule has 1 heterocycles. The number of carboxylic acids is 2. The molecule has 0 aliphatic heterocycles. The van der Waals surface area contributed by atoms with Gasteiger partial charge in [-0.05, 0) is 44.7 Å². The molecule has 19 N–H and O–H groups in total. The summed E-state index contributed by atoms with van der Waals surface area (Å²) in [6, 6.07) is -4.78. The number of guanidine groups is 1. The zero-order chi connectivity index (χ0) is 45.3. The van der Waals surface area contributed by atoms with Gasteiger partial charge in [-0.25, -0.2) is 4.79 Å². The quantitative estimate of drug-likeness (QED) is 0.0251. The molecule has 0 aliphatic rings. The second-order valence-corrected chi connectivity index (χ2v) is 13.6. The van der Waals surface area contributed by atoms with Gasteiger partial charge in [0.15, 0.2) is 5.96 Å². The molecule has 1 aromatic heterocycles. The van der Waals surface area contributed by atoms with Gasteiger partial charge in [0, 0.05) is 23.6 Å². The molecule has 0 unspecified atom stereocenters. The molecule has 332 valence electrons. The summed E-state index contributed by atoms with van der Waals surface area (Å²) in [5.41, 5.74) is 18.3. The maximum absolute atomic E-state index is 13.5. The number of aromatic nitrogens is 1. The number of nitrogens with zero attached hydrogens (tertiary/aromatic N) is 1. The van der Waals surface area contributed by atoms with Crippen LogP contribution < -0.4 is 49.1 Å². The third kappa shape index (κ3) is 15.4. The average Bonchev–Trinajstić information content (AvgIpc) is 3.58. The first-order chi connectivity index (χ1) is 28.2. The average molecular weight is 852 g/mol. The van der Waals surface area contributed by atoms with Crippen LogP contribution in [0.4, 0.5) is 0 Å². The van der Waals surface area contributed by atoms with Gasteiger partial charge in [-0.1, -0.05) is 18.2 Å². The Labute approximate surface area is 341 Å². The number of fused-ring (bicyclic) bond motifs is 1. The maximum atomic E-state index is 13.5. The number of aliphatic imine (C=N–C) groups is 1. The Balaban J connectivity index is 2.21. The van der Waals surface area contributed by atoms with Crippen molar-refractivity contribution in [1.82, 2.24) is 36.9 Å². The Morgan fingerprint density at radius 2 is 1.20 bits per heavy atom. The number of hydrogen-bond acceptors (Lipinski definition) is 14. The first-order valence-electron chi connectivity index (χ1n) is 18.4. The summed E-state index contributed by atoms with van der Waals surface area (Å²) in [5.74, 6) is -10.5. The monoisotopic (exact) mass is 851 g/mol. The van der Waals surface area contributed by atoms with Crippen molar-refractivity contribution >= 4 is 64.2 Å². The van der Waals surface area contributed by atoms with E-state index in [4.69, 9.17) is 22.3 Å². The molecule has 0 aliphatic carbocycles. The maximum Gasteiger partial charge on any atom is 0.328 e. The van der Waals surface area contributed by atoms with Crippen LogP contribution in [0.5, 0.6) is 0 Å². The van der Waals surface area contributed by atoms with E-state index in [1.807, 2.05) is 23.5 Å². The van der Waals surface area contributed by atoms with Crippen LogP contribution in [0.25, 0.3) is 10.9 Å². The van der Waals surface area contributed by atoms with Crippen LogP contribution >= 0.6 is 0 Å². The third-order valence-electron chi connectivity index (χ3n) is 8.78. The smallest absolute Gasteiger partial charge is 0.328 e. The highest BCUT2D eigenvalue weighted by Gasteiger charge is 2.36. The van der Waals surface area contributed by atoms with Crippen LogP contribution in [0.2, 0.25) is 0 Å². The lowest BCUT2D eigenvalue weighted by molar-refractivity contribution is -0.144. The number of para-hydroxylation sites is 1. The summed E-state index contributed by atoms with van der Waals surface area (Å²) in [6.45, 7) is -0.0221. The summed E-state index contributed by atoms with van der Waals surface area (Å²) in [5, 5.41) is 72.2. The van der Waals surface area contributed by atoms with E-state index < -0.39 is 122 Å². The fourth-order valence-electron chi connectivity index (χ4n) is 5.56. The summed E-state index contributed by atoms with van der Waals surface area (Å²) in [7, 11) is 0. The van der Waals surface area contributed by atoms with Crippen LogP contribution in [0.1, 0.15) is 38.7 Å². The molecule has 0 bridgehead atoms. The van der Waals surface area contributed by atoms with E-state index in [-0.39, 0.29) is 31.8 Å². The van der Waals surface area contributed by atoms with Crippen molar-refractivity contribution in [3.8, 4) is 0 Å². The molecule has 25 heteroatoms. The zero-order valence-electron chi connectivity index (χ0n) is 32.7. The van der Waals surface area contributed by atoms with E-state index in [0.717, 1.165) is 17.8 Å². The molecule has 1 aromatic carbocycles. The first-order valence-corrected chi connectivity index (χ1v) is 18.4. The number of aliphatic hydroxyl groups excluding tert-OH is 4. The molecule has 0 spiro atoms. The molecule has 60 heavy (non-hydrogen) atoms. The number of carbonyl (C=O) groups is 8. The van der Waals surface area contributed by atoms with E-state index >= 15 is 0 Å². The molecule has 0 saturated carbocycles. The Hall–Kier alpha value is -6.41. The van der Waals surface area contributed by atoms with Gasteiger partial charge in [-0.2, -0.15) is 0 Å². The highest BCUT2D eigenvalue weighted by Crippen LogP contribution is 2.19. The Morgan fingerprint density at radius 1 is 0.700 bits per heavy atom. The lowest BCUT2D eigenvalue weighted by atomic mass is 10.0. The minimum Gasteiger partial charge on any atom is -0.481 e. The van der Waals surface area contributed by atoms with Crippen LogP contribution in [-0.4, -0.2) is 163 Å². The van der Waals surface area contributed by atoms with E-state index in [9.17, 15) is 63.9 Å². The van der Waals surface area contributed by atoms with Crippen molar-refractivity contribution < 1.29 is 69.0 Å². The predicted molar refractivity (Wildman–Crippen MR) is 209 cm³/mol. The SMILES string of the molecule is C[C@@H](O)[C@H](NC(=O)[C@H](CO)NC(=O)[C@@H](NC(=O)[C@@H](N)Cc1c[nH]c2ccccc12)[C@@H](C)O)C(=O)N[C@@H](CCCN=C(N)N)C(=O)N[C@@H](CC(=O)O)C(=O)N[C@@H](CO)C(=O)O. The fraction of sp³-hybridized carbons (Fsp3) is 0.514. The number of carbonyl (C=O) groups excluding carboxylic acids is 6. The summed E-state index contributed by atoms with van der Waals surface area (Å²) in [6.07, 6.45) is -2.92. The van der Waals surface area contributed by atoms with Gasteiger partial charge in [0.05, 0.1) is 37.9 Å². The van der Waals surface area contributed by atoms with Crippen molar-refractivity contribution in [2.45, 2.75) is 94.0 Å². The number of aliphatic carboxylic acids is 2. The summed E-state index contributed by atoms with van der Waals surface area (Å²) < 4.78 is 0. The summed E-state index contributed by atoms with van der Waals surface area (Å²) >= 11 is 0. The Kier molecular flexibility index (Phi) is 19.8. The molecule has 2 rings (SSSR count). The first kappa shape index (κ1) is 49.7. The topological polar surface area (TPSA) is 436 Å². The molecular formula is C35H53N11O14. The van der Waals surface area contributed by atoms with Gasteiger partial charge in [0.25, 0.3) is 0 Å². The van der Waals surface area contributed by atoms with Crippen molar-refractivity contribution in [2.75, 3.05) is 19.8 Å². The Bertz CT molecular complexity index is 1870. The van der Waals surface area contributed by atoms with Crippen LogP contribution in [-0.2, 0) is 44.8 Å². The highest BCUT2D eigenvalue weighted by atomic mass is 16.4. The second-order valence-electron chi connectivity index (χ2n) is 13.6. The van der Waals surface area contributed by atoms with Crippen molar-refractivity contribution in [1.29, 1.82) is 0 Å². The van der Waals surface area contributed by atoms with Gasteiger partial charge < -0.3 is 84.7 Å². The largest absolute Gasteiger partial charge is 0.481 e. The molecule has 25 nitrogen and oxygen atoms in total. The van der Waals surface area contributed by atoms with Crippen molar-refractivity contribution in [3.05, 3.63) is 36.0 Å². The van der Waals surface area contributed by atoms with Gasteiger partial charge in [0.2, 0.25) is 35.4 Å². The molecular weight excluding hydrogens is 798 g/mol. The number of aliphatic hydroxyl groups is 4. The van der Waals surface area contributed by atoms with Gasteiger partial charge in [-0.15, -0.1) is 0 Å². The molecule has 6 amide bonds. The van der Waals surface area contributed by atoms with Crippen molar-refractivity contribution in [3.63, 3.8) is 0 Å². The number of carboxylic acid groups (broad SMARTS) is 2. The molecule has 2 aromatic rings. The summed E-state index contributed by atoms with van der Waals surface area (Å²) in [4.78, 5) is 109. The van der Waals surface area contributed by atoms with E-state index in [1.165, 1.54) is 6.92 Å². The number of aromatic amines is 1. The van der Waals surface area contributed by atoms with E-state index in [0.29, 0.717) is 5.56 Å². The molecule has 9 atom stereocenters. The normalized spacial score (nSPS) is 15.6. The zero-order valence-corrected chi connectivity index (χ0v) is 32.7. The standard InChI is InChI=1S/C35H53N11O14/c1-15(49)26(45-28(53)19(36)10-17-12-40-20-7-4-3-6-18(17)20)33(58)43-23(13-47)31(56)46-27(16(2)50)32(57)41-21(8-5-9-39-35(37)38)29(54)42-22(11-25(51)52)30(55)44-24(14-48)34(59)60/h3-4,6-7,12,15-16,19,21-24,26-27,40,47-50H,5,8-11,13-14,36H2,1-2H3,(H,41,57)(H,42,54)(H,43,58)(H,44,55)(H,45,53)(H,46,56)(H,51,52)(H,59,60)(H4,37,38,39)/t15-,16-,19+,21+,22+,23+,24+,26+,27+/m1/s1. The molecule has 0 fully saturated rings. The van der Waals surface area contributed by atoms with Crippen LogP contribution in [0.15, 0.2) is 35.5 Å². The van der Waals surface area contributed by atoms with Gasteiger partial charge >= 0.3 is 11.9 Å². The second kappa shape index (κ2) is 23.9. The number of benzene rings is 1. The van der Waals surface area contributed by atoms with Crippen LogP contribution in [0.3, 0.4) is 0 Å². The number of hydrogen-bond donors (Lipinski definition) is 16. The van der Waals surface area contributed by atoms with Crippen LogP contribution in [0, 0.1) is 0 Å². The number of H-pyrrole nitrogens is 1. The molecule has 0 radical (unpaired) electrons. The minimum absolute atomic E-state index is 0.0170. The highest BCUT2D eigenvalue weighted by molar-refractivity contribution is 5.98. The number of rotatable bonds is 25.